The summed E-state index contributed by atoms with van der Waals surface area (Å²) in [5.41, 5.74) is 0. The molecule has 0 N–H and O–H groups in total. The SMILES string of the molecule is N#CCCCN1CC=CC1. The zero-order valence-electron chi connectivity index (χ0n) is 6.08. The maximum atomic E-state index is 8.26. The minimum absolute atomic E-state index is 0.691. The molecule has 0 spiro atoms. The van der Waals surface area contributed by atoms with E-state index in [9.17, 15) is 0 Å². The van der Waals surface area contributed by atoms with Gasteiger partial charge >= 0.3 is 0 Å². The number of hydrogen-bond acceptors (Lipinski definition) is 2. The molecule has 1 aliphatic heterocycles. The van der Waals surface area contributed by atoms with Crippen LogP contribution in [0.15, 0.2) is 12.2 Å². The summed E-state index contributed by atoms with van der Waals surface area (Å²) in [5.74, 6) is 0. The van der Waals surface area contributed by atoms with Crippen LogP contribution in [-0.4, -0.2) is 24.5 Å². The molecule has 0 fully saturated rings. The van der Waals surface area contributed by atoms with Gasteiger partial charge in [0.25, 0.3) is 0 Å². The van der Waals surface area contributed by atoms with E-state index < -0.39 is 0 Å². The summed E-state index contributed by atoms with van der Waals surface area (Å²) in [5, 5.41) is 8.26. The molecule has 0 atom stereocenters. The average Bonchev–Trinajstić information content (AvgIpc) is 2.41. The molecule has 0 bridgehead atoms. The van der Waals surface area contributed by atoms with Gasteiger partial charge in [0.2, 0.25) is 0 Å². The highest BCUT2D eigenvalue weighted by atomic mass is 15.1. The second kappa shape index (κ2) is 4.08. The van der Waals surface area contributed by atoms with Gasteiger partial charge in [0.15, 0.2) is 0 Å². The first-order valence-corrected chi connectivity index (χ1v) is 3.68. The highest BCUT2D eigenvalue weighted by Crippen LogP contribution is 2.00. The number of nitriles is 1. The van der Waals surface area contributed by atoms with Crippen molar-refractivity contribution in [2.24, 2.45) is 0 Å². The molecule has 1 aliphatic rings. The van der Waals surface area contributed by atoms with Crippen LogP contribution in [0.5, 0.6) is 0 Å². The summed E-state index contributed by atoms with van der Waals surface area (Å²) in [6, 6.07) is 2.14. The molecule has 0 saturated heterocycles. The van der Waals surface area contributed by atoms with E-state index in [-0.39, 0.29) is 0 Å². The summed E-state index contributed by atoms with van der Waals surface area (Å²) >= 11 is 0. The van der Waals surface area contributed by atoms with Crippen LogP contribution in [-0.2, 0) is 0 Å². The summed E-state index contributed by atoms with van der Waals surface area (Å²) in [6.45, 7) is 3.22. The van der Waals surface area contributed by atoms with E-state index in [1.54, 1.807) is 0 Å². The van der Waals surface area contributed by atoms with Crippen molar-refractivity contribution in [3.05, 3.63) is 12.2 Å². The van der Waals surface area contributed by atoms with Gasteiger partial charge in [-0.05, 0) is 13.0 Å². The fourth-order valence-corrected chi connectivity index (χ4v) is 1.09. The van der Waals surface area contributed by atoms with Gasteiger partial charge < -0.3 is 0 Å². The Labute approximate surface area is 61.8 Å². The Hall–Kier alpha value is -0.810. The maximum absolute atomic E-state index is 8.26. The Morgan fingerprint density at radius 3 is 2.70 bits per heavy atom. The standard InChI is InChI=1S/C8H12N2/c9-5-1-2-6-10-7-3-4-8-10/h3-4H,1-2,6-8H2. The van der Waals surface area contributed by atoms with Gasteiger partial charge in [0.05, 0.1) is 6.07 Å². The van der Waals surface area contributed by atoms with E-state index in [2.05, 4.69) is 23.1 Å². The molecule has 2 heteroatoms. The molecular formula is C8H12N2. The predicted octanol–water partition coefficient (Wildman–Crippen LogP) is 1.16. The smallest absolute Gasteiger partial charge is 0.0622 e. The van der Waals surface area contributed by atoms with Crippen LogP contribution in [0.2, 0.25) is 0 Å². The van der Waals surface area contributed by atoms with Crippen LogP contribution < -0.4 is 0 Å². The first-order chi connectivity index (χ1) is 4.93. The lowest BCUT2D eigenvalue weighted by Crippen LogP contribution is -2.20. The van der Waals surface area contributed by atoms with Crippen molar-refractivity contribution in [1.82, 2.24) is 4.90 Å². The molecule has 10 heavy (non-hydrogen) atoms. The molecule has 54 valence electrons. The quantitative estimate of drug-likeness (QED) is 0.430. The van der Waals surface area contributed by atoms with Gasteiger partial charge in [-0.15, -0.1) is 0 Å². The van der Waals surface area contributed by atoms with Crippen LogP contribution in [0.1, 0.15) is 12.8 Å². The minimum Gasteiger partial charge on any atom is -0.296 e. The molecule has 2 nitrogen and oxygen atoms in total. The van der Waals surface area contributed by atoms with E-state index >= 15 is 0 Å². The first-order valence-electron chi connectivity index (χ1n) is 3.68. The average molecular weight is 136 g/mol. The third kappa shape index (κ3) is 2.20. The van der Waals surface area contributed by atoms with Gasteiger partial charge in [0.1, 0.15) is 0 Å². The molecule has 0 saturated carbocycles. The van der Waals surface area contributed by atoms with E-state index in [4.69, 9.17) is 5.26 Å². The van der Waals surface area contributed by atoms with Crippen molar-refractivity contribution in [3.63, 3.8) is 0 Å². The number of rotatable bonds is 3. The third-order valence-corrected chi connectivity index (χ3v) is 1.66. The minimum atomic E-state index is 0.691. The van der Waals surface area contributed by atoms with E-state index in [1.807, 2.05) is 0 Å². The van der Waals surface area contributed by atoms with Crippen molar-refractivity contribution >= 4 is 0 Å². The molecule has 0 aromatic heterocycles. The topological polar surface area (TPSA) is 27.0 Å². The maximum Gasteiger partial charge on any atom is 0.0622 e. The van der Waals surface area contributed by atoms with Gasteiger partial charge in [-0.25, -0.2) is 0 Å². The molecule has 0 aromatic carbocycles. The van der Waals surface area contributed by atoms with Crippen molar-refractivity contribution in [2.45, 2.75) is 12.8 Å². The molecule has 0 unspecified atom stereocenters. The predicted molar refractivity (Wildman–Crippen MR) is 40.4 cm³/mol. The van der Waals surface area contributed by atoms with Gasteiger partial charge in [-0.1, -0.05) is 12.2 Å². The number of nitrogens with zero attached hydrogens (tertiary/aromatic N) is 2. The zero-order chi connectivity index (χ0) is 7.23. The molecule has 0 amide bonds. The second-order valence-electron chi connectivity index (χ2n) is 2.49. The molecule has 0 aliphatic carbocycles. The van der Waals surface area contributed by atoms with E-state index in [0.717, 1.165) is 26.1 Å². The lowest BCUT2D eigenvalue weighted by molar-refractivity contribution is 0.349. The van der Waals surface area contributed by atoms with Gasteiger partial charge in [-0.2, -0.15) is 5.26 Å². The zero-order valence-corrected chi connectivity index (χ0v) is 6.08. The summed E-state index contributed by atoms with van der Waals surface area (Å²) < 4.78 is 0. The summed E-state index contributed by atoms with van der Waals surface area (Å²) in [6.07, 6.45) is 6.05. The monoisotopic (exact) mass is 136 g/mol. The Kier molecular flexibility index (Phi) is 2.98. The number of hydrogen-bond donors (Lipinski definition) is 0. The van der Waals surface area contributed by atoms with Crippen molar-refractivity contribution < 1.29 is 0 Å². The Bertz CT molecular complexity index is 147. The van der Waals surface area contributed by atoms with Crippen LogP contribution >= 0.6 is 0 Å². The molecule has 0 aromatic rings. The van der Waals surface area contributed by atoms with Crippen LogP contribution in [0.25, 0.3) is 0 Å². The van der Waals surface area contributed by atoms with Gasteiger partial charge in [0, 0.05) is 19.5 Å². The fourth-order valence-electron chi connectivity index (χ4n) is 1.09. The van der Waals surface area contributed by atoms with Crippen LogP contribution in [0.4, 0.5) is 0 Å². The van der Waals surface area contributed by atoms with Gasteiger partial charge in [-0.3, -0.25) is 4.90 Å². The van der Waals surface area contributed by atoms with Crippen molar-refractivity contribution in [1.29, 1.82) is 5.26 Å². The molecule has 1 rings (SSSR count). The third-order valence-electron chi connectivity index (χ3n) is 1.66. The molecule has 0 radical (unpaired) electrons. The van der Waals surface area contributed by atoms with Crippen LogP contribution in [0.3, 0.4) is 0 Å². The Morgan fingerprint density at radius 2 is 2.10 bits per heavy atom. The lowest BCUT2D eigenvalue weighted by Gasteiger charge is -2.12. The van der Waals surface area contributed by atoms with E-state index in [0.29, 0.717) is 6.42 Å². The summed E-state index contributed by atoms with van der Waals surface area (Å²) in [4.78, 5) is 2.33. The van der Waals surface area contributed by atoms with Crippen molar-refractivity contribution in [2.75, 3.05) is 19.6 Å². The number of unbranched alkanes of at least 4 members (excludes halogenated alkanes) is 1. The lowest BCUT2D eigenvalue weighted by atomic mass is 10.3. The fraction of sp³-hybridized carbons (Fsp3) is 0.625. The Balaban J connectivity index is 1.99. The molecule has 1 heterocycles. The Morgan fingerprint density at radius 1 is 1.40 bits per heavy atom. The second-order valence-corrected chi connectivity index (χ2v) is 2.49. The highest BCUT2D eigenvalue weighted by molar-refractivity contribution is 4.95. The van der Waals surface area contributed by atoms with Crippen LogP contribution in [0, 0.1) is 11.3 Å². The molecular weight excluding hydrogens is 124 g/mol. The first kappa shape index (κ1) is 7.30. The summed E-state index contributed by atoms with van der Waals surface area (Å²) in [7, 11) is 0. The van der Waals surface area contributed by atoms with E-state index in [1.165, 1.54) is 0 Å². The van der Waals surface area contributed by atoms with Crippen molar-refractivity contribution in [3.8, 4) is 6.07 Å². The largest absolute Gasteiger partial charge is 0.296 e. The normalized spacial score (nSPS) is 17.5. The highest BCUT2D eigenvalue weighted by Gasteiger charge is 2.03.